The third kappa shape index (κ3) is 4.40. The summed E-state index contributed by atoms with van der Waals surface area (Å²) in [6.07, 6.45) is 0. The van der Waals surface area contributed by atoms with Crippen LogP contribution in [-0.4, -0.2) is 6.54 Å². The lowest BCUT2D eigenvalue weighted by atomic mass is 9.82. The molecule has 1 N–H and O–H groups in total. The monoisotopic (exact) mass is 311 g/mol. The van der Waals surface area contributed by atoms with Crippen LogP contribution in [0, 0.1) is 5.92 Å². The van der Waals surface area contributed by atoms with Gasteiger partial charge in [0.05, 0.1) is 0 Å². The van der Waals surface area contributed by atoms with Crippen molar-refractivity contribution in [2.24, 2.45) is 5.92 Å². The maximum Gasteiger partial charge on any atom is 0.0294 e. The van der Waals surface area contributed by atoms with Crippen LogP contribution in [-0.2, 0) is 5.41 Å². The second-order valence-electron chi connectivity index (χ2n) is 6.51. The van der Waals surface area contributed by atoms with E-state index in [2.05, 4.69) is 81.0 Å². The highest BCUT2D eigenvalue weighted by Crippen LogP contribution is 2.32. The van der Waals surface area contributed by atoms with Crippen molar-refractivity contribution in [2.45, 2.75) is 53.0 Å². The topological polar surface area (TPSA) is 12.0 Å². The molecule has 0 saturated carbocycles. The number of halogens is 1. The Labute approximate surface area is 120 Å². The highest BCUT2D eigenvalue weighted by atomic mass is 79.9. The third-order valence-corrected chi connectivity index (χ3v) is 3.62. The number of benzene rings is 1. The number of nitrogens with one attached hydrogen (secondary N) is 1. The lowest BCUT2D eigenvalue weighted by molar-refractivity contribution is 0.484. The van der Waals surface area contributed by atoms with Crippen molar-refractivity contribution < 1.29 is 0 Å². The van der Waals surface area contributed by atoms with E-state index in [9.17, 15) is 0 Å². The van der Waals surface area contributed by atoms with E-state index < -0.39 is 0 Å². The molecular formula is C16H26BrN. The van der Waals surface area contributed by atoms with Crippen LogP contribution in [0.4, 0.5) is 0 Å². The van der Waals surface area contributed by atoms with E-state index in [4.69, 9.17) is 0 Å². The molecule has 0 aliphatic rings. The highest BCUT2D eigenvalue weighted by Gasteiger charge is 2.21. The van der Waals surface area contributed by atoms with Crippen LogP contribution in [0.1, 0.15) is 58.7 Å². The molecule has 0 amide bonds. The van der Waals surface area contributed by atoms with Gasteiger partial charge in [0.25, 0.3) is 0 Å². The molecule has 0 aromatic heterocycles. The molecule has 1 nitrogen and oxygen atoms in total. The van der Waals surface area contributed by atoms with Crippen LogP contribution in [0.15, 0.2) is 22.7 Å². The quantitative estimate of drug-likeness (QED) is 0.820. The van der Waals surface area contributed by atoms with Gasteiger partial charge in [-0.3, -0.25) is 0 Å². The van der Waals surface area contributed by atoms with Crippen molar-refractivity contribution >= 4 is 15.9 Å². The number of rotatable bonds is 4. The molecule has 2 heteroatoms. The van der Waals surface area contributed by atoms with Crippen LogP contribution in [0.5, 0.6) is 0 Å². The SMILES string of the molecule is CC(C)CNC(C)c1ccc(Br)cc1C(C)(C)C. The Bertz CT molecular complexity index is 391. The molecule has 1 aromatic rings. The van der Waals surface area contributed by atoms with E-state index in [1.54, 1.807) is 0 Å². The summed E-state index contributed by atoms with van der Waals surface area (Å²) in [4.78, 5) is 0. The van der Waals surface area contributed by atoms with E-state index in [1.165, 1.54) is 11.1 Å². The molecule has 0 aliphatic heterocycles. The first-order valence-corrected chi connectivity index (χ1v) is 7.54. The predicted molar refractivity (Wildman–Crippen MR) is 84.1 cm³/mol. The Morgan fingerprint density at radius 1 is 1.17 bits per heavy atom. The summed E-state index contributed by atoms with van der Waals surface area (Å²) < 4.78 is 1.16. The summed E-state index contributed by atoms with van der Waals surface area (Å²) in [6.45, 7) is 14.6. The molecule has 1 aromatic carbocycles. The maximum absolute atomic E-state index is 3.61. The highest BCUT2D eigenvalue weighted by molar-refractivity contribution is 9.10. The summed E-state index contributed by atoms with van der Waals surface area (Å²) in [7, 11) is 0. The zero-order valence-electron chi connectivity index (χ0n) is 12.5. The fraction of sp³-hybridized carbons (Fsp3) is 0.625. The summed E-state index contributed by atoms with van der Waals surface area (Å²) in [5.41, 5.74) is 3.00. The average Bonchev–Trinajstić information content (AvgIpc) is 2.24. The van der Waals surface area contributed by atoms with Gasteiger partial charge in [0, 0.05) is 10.5 Å². The molecule has 1 unspecified atom stereocenters. The van der Waals surface area contributed by atoms with Crippen molar-refractivity contribution in [3.05, 3.63) is 33.8 Å². The van der Waals surface area contributed by atoms with Crippen molar-refractivity contribution in [1.82, 2.24) is 5.32 Å². The van der Waals surface area contributed by atoms with E-state index in [-0.39, 0.29) is 5.41 Å². The van der Waals surface area contributed by atoms with Gasteiger partial charge in [-0.2, -0.15) is 0 Å². The molecule has 0 aliphatic carbocycles. The van der Waals surface area contributed by atoms with Crippen molar-refractivity contribution in [3.8, 4) is 0 Å². The van der Waals surface area contributed by atoms with Crippen LogP contribution >= 0.6 is 15.9 Å². The van der Waals surface area contributed by atoms with Crippen LogP contribution in [0.2, 0.25) is 0 Å². The Balaban J connectivity index is 3.00. The molecule has 0 radical (unpaired) electrons. The first kappa shape index (κ1) is 15.7. The molecular weight excluding hydrogens is 286 g/mol. The van der Waals surface area contributed by atoms with E-state index in [1.807, 2.05) is 0 Å². The molecule has 18 heavy (non-hydrogen) atoms. The molecule has 0 fully saturated rings. The summed E-state index contributed by atoms with van der Waals surface area (Å²) in [5, 5.41) is 3.61. The summed E-state index contributed by atoms with van der Waals surface area (Å²) >= 11 is 3.58. The van der Waals surface area contributed by atoms with Gasteiger partial charge in [-0.15, -0.1) is 0 Å². The minimum atomic E-state index is 0.173. The van der Waals surface area contributed by atoms with Crippen LogP contribution in [0.25, 0.3) is 0 Å². The lowest BCUT2D eigenvalue weighted by Gasteiger charge is -2.27. The van der Waals surface area contributed by atoms with Crippen molar-refractivity contribution in [1.29, 1.82) is 0 Å². The fourth-order valence-electron chi connectivity index (χ4n) is 2.08. The van der Waals surface area contributed by atoms with Crippen LogP contribution in [0.3, 0.4) is 0 Å². The molecule has 1 rings (SSSR count). The number of hydrogen-bond acceptors (Lipinski definition) is 1. The normalized spacial score (nSPS) is 14.0. The van der Waals surface area contributed by atoms with Gasteiger partial charge >= 0.3 is 0 Å². The Kier molecular flexibility index (Phi) is 5.42. The Morgan fingerprint density at radius 2 is 1.78 bits per heavy atom. The van der Waals surface area contributed by atoms with E-state index >= 15 is 0 Å². The number of hydrogen-bond donors (Lipinski definition) is 1. The minimum Gasteiger partial charge on any atom is -0.310 e. The molecule has 0 heterocycles. The lowest BCUT2D eigenvalue weighted by Crippen LogP contribution is -2.26. The first-order chi connectivity index (χ1) is 8.21. The smallest absolute Gasteiger partial charge is 0.0294 e. The molecule has 1 atom stereocenters. The summed E-state index contributed by atoms with van der Waals surface area (Å²) in [5.74, 6) is 0.681. The van der Waals surface area contributed by atoms with Crippen LogP contribution < -0.4 is 5.32 Å². The predicted octanol–water partition coefficient (Wildman–Crippen LogP) is 5.05. The average molecular weight is 312 g/mol. The molecule has 0 bridgehead atoms. The zero-order chi connectivity index (χ0) is 13.9. The largest absolute Gasteiger partial charge is 0.310 e. The standard InChI is InChI=1S/C16H26BrN/c1-11(2)10-18-12(3)14-8-7-13(17)9-15(14)16(4,5)6/h7-9,11-12,18H,10H2,1-6H3. The van der Waals surface area contributed by atoms with Gasteiger partial charge < -0.3 is 5.32 Å². The maximum atomic E-state index is 3.61. The van der Waals surface area contributed by atoms with Gasteiger partial charge in [0.1, 0.15) is 0 Å². The first-order valence-electron chi connectivity index (χ1n) is 6.75. The summed E-state index contributed by atoms with van der Waals surface area (Å²) in [6, 6.07) is 7.03. The molecule has 0 saturated heterocycles. The van der Waals surface area contributed by atoms with Gasteiger partial charge in [0.2, 0.25) is 0 Å². The van der Waals surface area contributed by atoms with Gasteiger partial charge in [-0.25, -0.2) is 0 Å². The van der Waals surface area contributed by atoms with Gasteiger partial charge in [0.15, 0.2) is 0 Å². The van der Waals surface area contributed by atoms with Gasteiger partial charge in [-0.1, -0.05) is 56.6 Å². The van der Waals surface area contributed by atoms with Gasteiger partial charge in [-0.05, 0) is 48.1 Å². The fourth-order valence-corrected chi connectivity index (χ4v) is 2.44. The van der Waals surface area contributed by atoms with Crippen molar-refractivity contribution in [2.75, 3.05) is 6.54 Å². The van der Waals surface area contributed by atoms with E-state index in [0.717, 1.165) is 11.0 Å². The third-order valence-electron chi connectivity index (χ3n) is 3.12. The second-order valence-corrected chi connectivity index (χ2v) is 7.42. The minimum absolute atomic E-state index is 0.173. The second kappa shape index (κ2) is 6.21. The van der Waals surface area contributed by atoms with Crippen molar-refractivity contribution in [3.63, 3.8) is 0 Å². The Hall–Kier alpha value is -0.340. The van der Waals surface area contributed by atoms with E-state index in [0.29, 0.717) is 12.0 Å². The zero-order valence-corrected chi connectivity index (χ0v) is 14.1. The molecule has 0 spiro atoms. The molecule has 102 valence electrons. The Morgan fingerprint density at radius 3 is 2.28 bits per heavy atom.